The van der Waals surface area contributed by atoms with E-state index in [1.165, 1.54) is 6.26 Å². The van der Waals surface area contributed by atoms with Crippen molar-refractivity contribution >= 4 is 5.91 Å². The van der Waals surface area contributed by atoms with Gasteiger partial charge in [-0.3, -0.25) is 4.79 Å². The molecule has 8 heteroatoms. The maximum Gasteiger partial charge on any atom is 0.275 e. The molecule has 1 amide bonds. The number of nitrogens with zero attached hydrogens (tertiary/aromatic N) is 3. The van der Waals surface area contributed by atoms with Gasteiger partial charge in [-0.25, -0.2) is 4.98 Å². The lowest BCUT2D eigenvalue weighted by Crippen LogP contribution is -2.33. The van der Waals surface area contributed by atoms with Crippen molar-refractivity contribution in [2.45, 2.75) is 20.0 Å². The van der Waals surface area contributed by atoms with Crippen molar-refractivity contribution in [3.8, 4) is 17.2 Å². The summed E-state index contributed by atoms with van der Waals surface area (Å²) in [6, 6.07) is 5.34. The summed E-state index contributed by atoms with van der Waals surface area (Å²) in [5.41, 5.74) is 0.303. The van der Waals surface area contributed by atoms with Crippen molar-refractivity contribution in [1.82, 2.24) is 14.8 Å². The summed E-state index contributed by atoms with van der Waals surface area (Å²) in [6.45, 7) is 6.45. The quantitative estimate of drug-likeness (QED) is 0.722. The minimum Gasteiger partial charge on any atom is -0.484 e. The van der Waals surface area contributed by atoms with Crippen molar-refractivity contribution in [3.63, 3.8) is 0 Å². The Balaban J connectivity index is 1.30. The van der Waals surface area contributed by atoms with Gasteiger partial charge < -0.3 is 28.4 Å². The highest BCUT2D eigenvalue weighted by atomic mass is 16.7. The van der Waals surface area contributed by atoms with Crippen molar-refractivity contribution in [2.75, 3.05) is 40.0 Å². The van der Waals surface area contributed by atoms with Gasteiger partial charge in [0, 0.05) is 26.2 Å². The van der Waals surface area contributed by atoms with Gasteiger partial charge in [0.05, 0.1) is 0 Å². The van der Waals surface area contributed by atoms with Crippen LogP contribution < -0.4 is 14.2 Å². The normalized spacial score (nSPS) is 18.4. The molecular weight excluding hydrogens is 362 g/mol. The lowest BCUT2D eigenvalue weighted by atomic mass is 10.1. The molecule has 1 saturated heterocycles. The van der Waals surface area contributed by atoms with Crippen LogP contribution in [-0.2, 0) is 6.61 Å². The molecule has 1 aromatic carbocycles. The molecule has 28 heavy (non-hydrogen) atoms. The summed E-state index contributed by atoms with van der Waals surface area (Å²) >= 11 is 0. The van der Waals surface area contributed by atoms with Crippen LogP contribution in [-0.4, -0.2) is 60.7 Å². The number of hydrogen-bond donors (Lipinski definition) is 0. The van der Waals surface area contributed by atoms with E-state index in [9.17, 15) is 4.79 Å². The van der Waals surface area contributed by atoms with Crippen LogP contribution in [0.5, 0.6) is 17.2 Å². The first-order valence-electron chi connectivity index (χ1n) is 9.57. The van der Waals surface area contributed by atoms with E-state index in [2.05, 4.69) is 16.8 Å². The van der Waals surface area contributed by atoms with Crippen molar-refractivity contribution in [1.29, 1.82) is 0 Å². The van der Waals surface area contributed by atoms with E-state index < -0.39 is 0 Å². The fourth-order valence-corrected chi connectivity index (χ4v) is 3.60. The van der Waals surface area contributed by atoms with Gasteiger partial charge in [-0.2, -0.15) is 0 Å². The molecule has 0 N–H and O–H groups in total. The maximum absolute atomic E-state index is 12.6. The first kappa shape index (κ1) is 18.6. The molecule has 8 nitrogen and oxygen atoms in total. The Morgan fingerprint density at radius 1 is 1.36 bits per heavy atom. The standard InChI is InChI=1S/C20H25N3O5/c1-3-23-7-6-14(10-23)9-22(2)20(24)16-11-26-19(21-16)12-25-15-4-5-17-18(8-15)28-13-27-17/h4-5,8,11,14H,3,6-7,9-10,12-13H2,1-2H3. The van der Waals surface area contributed by atoms with Crippen LogP contribution in [0.2, 0.25) is 0 Å². The van der Waals surface area contributed by atoms with Crippen LogP contribution in [0.15, 0.2) is 28.9 Å². The molecule has 2 aromatic rings. The highest BCUT2D eigenvalue weighted by Crippen LogP contribution is 2.35. The van der Waals surface area contributed by atoms with Gasteiger partial charge in [-0.1, -0.05) is 6.92 Å². The van der Waals surface area contributed by atoms with E-state index >= 15 is 0 Å². The number of likely N-dealkylation sites (tertiary alicyclic amines) is 1. The summed E-state index contributed by atoms with van der Waals surface area (Å²) in [5, 5.41) is 0. The molecule has 0 saturated carbocycles. The Kier molecular flexibility index (Phi) is 5.38. The lowest BCUT2D eigenvalue weighted by molar-refractivity contribution is 0.0767. The van der Waals surface area contributed by atoms with Gasteiger partial charge in [-0.15, -0.1) is 0 Å². The number of carbonyl (C=O) groups is 1. The Bertz CT molecular complexity index is 837. The van der Waals surface area contributed by atoms with Crippen LogP contribution in [0, 0.1) is 5.92 Å². The average Bonchev–Trinajstić information content (AvgIpc) is 3.45. The highest BCUT2D eigenvalue weighted by Gasteiger charge is 2.25. The fourth-order valence-electron chi connectivity index (χ4n) is 3.60. The number of benzene rings is 1. The summed E-state index contributed by atoms with van der Waals surface area (Å²) in [6.07, 6.45) is 2.52. The largest absolute Gasteiger partial charge is 0.484 e. The van der Waals surface area contributed by atoms with E-state index in [4.69, 9.17) is 18.6 Å². The first-order chi connectivity index (χ1) is 13.6. The van der Waals surface area contributed by atoms with E-state index in [0.29, 0.717) is 34.8 Å². The predicted molar refractivity (Wildman–Crippen MR) is 101 cm³/mol. The molecular formula is C20H25N3O5. The SMILES string of the molecule is CCN1CCC(CN(C)C(=O)c2coc(COc3ccc4c(c3)OCO4)n2)C1. The molecule has 1 atom stereocenters. The van der Waals surface area contributed by atoms with Crippen molar-refractivity contribution in [3.05, 3.63) is 36.0 Å². The smallest absolute Gasteiger partial charge is 0.275 e. The van der Waals surface area contributed by atoms with Crippen LogP contribution in [0.25, 0.3) is 0 Å². The van der Waals surface area contributed by atoms with Crippen molar-refractivity contribution < 1.29 is 23.4 Å². The topological polar surface area (TPSA) is 77.3 Å². The second-order valence-electron chi connectivity index (χ2n) is 7.16. The molecule has 0 bridgehead atoms. The van der Waals surface area contributed by atoms with Gasteiger partial charge in [0.2, 0.25) is 12.7 Å². The van der Waals surface area contributed by atoms with Gasteiger partial charge in [0.15, 0.2) is 23.8 Å². The zero-order chi connectivity index (χ0) is 19.5. The molecule has 0 spiro atoms. The molecule has 2 aliphatic heterocycles. The van der Waals surface area contributed by atoms with Gasteiger partial charge in [0.25, 0.3) is 5.91 Å². The second kappa shape index (κ2) is 8.10. The number of amides is 1. The number of aromatic nitrogens is 1. The summed E-state index contributed by atoms with van der Waals surface area (Å²) < 4.78 is 21.7. The maximum atomic E-state index is 12.6. The lowest BCUT2D eigenvalue weighted by Gasteiger charge is -2.20. The summed E-state index contributed by atoms with van der Waals surface area (Å²) in [7, 11) is 1.81. The summed E-state index contributed by atoms with van der Waals surface area (Å²) in [5.74, 6) is 2.70. The van der Waals surface area contributed by atoms with E-state index in [1.807, 2.05) is 7.05 Å². The van der Waals surface area contributed by atoms with Crippen LogP contribution in [0.3, 0.4) is 0 Å². The number of hydrogen-bond acceptors (Lipinski definition) is 7. The number of rotatable bonds is 7. The number of ether oxygens (including phenoxy) is 3. The molecule has 3 heterocycles. The van der Waals surface area contributed by atoms with Crippen LogP contribution >= 0.6 is 0 Å². The summed E-state index contributed by atoms with van der Waals surface area (Å²) in [4.78, 5) is 21.0. The highest BCUT2D eigenvalue weighted by molar-refractivity contribution is 5.91. The Hall–Kier alpha value is -2.74. The monoisotopic (exact) mass is 387 g/mol. The number of carbonyl (C=O) groups excluding carboxylic acids is 1. The number of fused-ring (bicyclic) bond motifs is 1. The third kappa shape index (κ3) is 4.06. The molecule has 0 radical (unpaired) electrons. The van der Waals surface area contributed by atoms with Gasteiger partial charge in [-0.05, 0) is 37.6 Å². The van der Waals surface area contributed by atoms with Gasteiger partial charge in [0.1, 0.15) is 12.0 Å². The molecule has 1 fully saturated rings. The molecule has 4 rings (SSSR count). The first-order valence-corrected chi connectivity index (χ1v) is 9.57. The molecule has 0 aliphatic carbocycles. The van der Waals surface area contributed by atoms with Gasteiger partial charge >= 0.3 is 0 Å². The molecule has 2 aliphatic rings. The average molecular weight is 387 g/mol. The zero-order valence-corrected chi connectivity index (χ0v) is 16.2. The predicted octanol–water partition coefficient (Wildman–Crippen LogP) is 2.40. The Labute approximate surface area is 164 Å². The molecule has 1 unspecified atom stereocenters. The minimum atomic E-state index is -0.131. The Morgan fingerprint density at radius 3 is 3.04 bits per heavy atom. The van der Waals surface area contributed by atoms with Crippen molar-refractivity contribution in [2.24, 2.45) is 5.92 Å². The Morgan fingerprint density at radius 2 is 2.21 bits per heavy atom. The van der Waals surface area contributed by atoms with Crippen LogP contribution in [0.4, 0.5) is 0 Å². The number of oxazole rings is 1. The minimum absolute atomic E-state index is 0.130. The zero-order valence-electron chi connectivity index (χ0n) is 16.2. The van der Waals surface area contributed by atoms with E-state index in [-0.39, 0.29) is 19.3 Å². The molecule has 1 aromatic heterocycles. The fraction of sp³-hybridized carbons (Fsp3) is 0.500. The second-order valence-corrected chi connectivity index (χ2v) is 7.16. The van der Waals surface area contributed by atoms with E-state index in [1.54, 1.807) is 23.1 Å². The molecule has 150 valence electrons. The van der Waals surface area contributed by atoms with Crippen LogP contribution in [0.1, 0.15) is 29.7 Å². The van der Waals surface area contributed by atoms with E-state index in [0.717, 1.165) is 32.6 Å². The third-order valence-electron chi connectivity index (χ3n) is 5.17. The third-order valence-corrected chi connectivity index (χ3v) is 5.17.